The first kappa shape index (κ1) is 14.7. The molecule has 2 atom stereocenters. The monoisotopic (exact) mass is 277 g/mol. The van der Waals surface area contributed by atoms with Gasteiger partial charge in [-0.3, -0.25) is 4.90 Å². The number of nitrogens with two attached hydrogens (primary N) is 2. The second kappa shape index (κ2) is 5.32. The molecule has 1 fully saturated rings. The van der Waals surface area contributed by atoms with Gasteiger partial charge in [0.1, 0.15) is 5.60 Å². The van der Waals surface area contributed by atoms with Crippen LogP contribution in [0.3, 0.4) is 0 Å². The zero-order chi connectivity index (χ0) is 14.9. The molecule has 0 saturated carbocycles. The van der Waals surface area contributed by atoms with Gasteiger partial charge in [-0.05, 0) is 44.9 Å². The summed E-state index contributed by atoms with van der Waals surface area (Å²) in [5, 5.41) is 0. The third kappa shape index (κ3) is 3.22. The number of carbonyl (C=O) groups excluding carboxylic acids is 1. The molecule has 20 heavy (non-hydrogen) atoms. The Morgan fingerprint density at radius 2 is 2.10 bits per heavy atom. The number of amides is 1. The number of ether oxygens (including phenoxy) is 1. The van der Waals surface area contributed by atoms with Gasteiger partial charge in [0, 0.05) is 18.3 Å². The minimum Gasteiger partial charge on any atom is -0.444 e. The van der Waals surface area contributed by atoms with Gasteiger partial charge in [-0.1, -0.05) is 12.1 Å². The predicted molar refractivity (Wildman–Crippen MR) is 79.1 cm³/mol. The van der Waals surface area contributed by atoms with Crippen molar-refractivity contribution in [3.63, 3.8) is 0 Å². The summed E-state index contributed by atoms with van der Waals surface area (Å²) in [6.45, 7) is 6.18. The van der Waals surface area contributed by atoms with Crippen molar-refractivity contribution in [2.75, 3.05) is 12.3 Å². The molecule has 1 saturated heterocycles. The second-order valence-electron chi connectivity index (χ2n) is 6.24. The molecular weight excluding hydrogens is 254 g/mol. The zero-order valence-electron chi connectivity index (χ0n) is 12.3. The van der Waals surface area contributed by atoms with E-state index >= 15 is 0 Å². The summed E-state index contributed by atoms with van der Waals surface area (Å²) in [6.07, 6.45) is 0.441. The highest BCUT2D eigenvalue weighted by molar-refractivity contribution is 5.69. The van der Waals surface area contributed by atoms with Crippen LogP contribution in [-0.2, 0) is 4.74 Å². The molecule has 0 aromatic heterocycles. The number of carbonyl (C=O) groups is 1. The number of nitrogen functional groups attached to an aromatic ring is 1. The Balaban J connectivity index is 2.23. The van der Waals surface area contributed by atoms with Crippen LogP contribution in [-0.4, -0.2) is 29.2 Å². The molecule has 0 radical (unpaired) electrons. The first-order valence-electron chi connectivity index (χ1n) is 6.88. The summed E-state index contributed by atoms with van der Waals surface area (Å²) in [5.41, 5.74) is 13.1. The highest BCUT2D eigenvalue weighted by Gasteiger charge is 2.38. The van der Waals surface area contributed by atoms with Crippen LogP contribution < -0.4 is 11.5 Å². The van der Waals surface area contributed by atoms with Gasteiger partial charge in [-0.15, -0.1) is 0 Å². The average molecular weight is 277 g/mol. The normalized spacial score (nSPS) is 22.9. The zero-order valence-corrected chi connectivity index (χ0v) is 12.3. The van der Waals surface area contributed by atoms with E-state index in [0.717, 1.165) is 12.0 Å². The third-order valence-electron chi connectivity index (χ3n) is 3.32. The summed E-state index contributed by atoms with van der Waals surface area (Å²) < 4.78 is 5.45. The molecule has 2 rings (SSSR count). The second-order valence-corrected chi connectivity index (χ2v) is 6.24. The quantitative estimate of drug-likeness (QED) is 0.772. The van der Waals surface area contributed by atoms with E-state index in [1.807, 2.05) is 45.0 Å². The number of hydrogen-bond donors (Lipinski definition) is 2. The lowest BCUT2D eigenvalue weighted by atomic mass is 10.0. The molecule has 1 heterocycles. The van der Waals surface area contributed by atoms with Crippen molar-refractivity contribution < 1.29 is 9.53 Å². The number of anilines is 1. The molecule has 2 unspecified atom stereocenters. The van der Waals surface area contributed by atoms with Crippen molar-refractivity contribution in [2.24, 2.45) is 5.73 Å². The smallest absolute Gasteiger partial charge is 0.410 e. The molecule has 5 nitrogen and oxygen atoms in total. The lowest BCUT2D eigenvalue weighted by Crippen LogP contribution is -2.39. The highest BCUT2D eigenvalue weighted by atomic mass is 16.6. The van der Waals surface area contributed by atoms with Gasteiger partial charge in [0.15, 0.2) is 0 Å². The maximum absolute atomic E-state index is 12.3. The van der Waals surface area contributed by atoms with Gasteiger partial charge in [0.25, 0.3) is 0 Å². The van der Waals surface area contributed by atoms with Gasteiger partial charge in [-0.25, -0.2) is 4.79 Å². The van der Waals surface area contributed by atoms with E-state index in [0.29, 0.717) is 12.2 Å². The molecule has 1 amide bonds. The van der Waals surface area contributed by atoms with E-state index in [-0.39, 0.29) is 18.2 Å². The van der Waals surface area contributed by atoms with Crippen LogP contribution >= 0.6 is 0 Å². The van der Waals surface area contributed by atoms with Gasteiger partial charge in [-0.2, -0.15) is 0 Å². The highest BCUT2D eigenvalue weighted by Crippen LogP contribution is 2.33. The van der Waals surface area contributed by atoms with Crippen LogP contribution in [0, 0.1) is 0 Å². The molecule has 1 aromatic rings. The Hall–Kier alpha value is -1.75. The topological polar surface area (TPSA) is 81.6 Å². The van der Waals surface area contributed by atoms with Crippen LogP contribution in [0.1, 0.15) is 38.8 Å². The van der Waals surface area contributed by atoms with E-state index in [9.17, 15) is 4.79 Å². The first-order chi connectivity index (χ1) is 9.28. The molecule has 0 aliphatic carbocycles. The molecule has 4 N–H and O–H groups in total. The van der Waals surface area contributed by atoms with Gasteiger partial charge in [0.2, 0.25) is 0 Å². The fourth-order valence-electron chi connectivity index (χ4n) is 2.51. The van der Waals surface area contributed by atoms with Crippen LogP contribution in [0.2, 0.25) is 0 Å². The molecule has 110 valence electrons. The first-order valence-corrected chi connectivity index (χ1v) is 6.88. The Bertz CT molecular complexity index is 496. The van der Waals surface area contributed by atoms with Crippen LogP contribution in [0.5, 0.6) is 0 Å². The standard InChI is InChI=1S/C15H23N3O2/c1-15(2,3)20-14(19)18-8-7-12(17)13(18)10-5-4-6-11(16)9-10/h4-6,9,12-13H,7-8,16-17H2,1-3H3. The maximum Gasteiger partial charge on any atom is 0.410 e. The summed E-state index contributed by atoms with van der Waals surface area (Å²) in [7, 11) is 0. The van der Waals surface area contributed by atoms with E-state index in [4.69, 9.17) is 16.2 Å². The minimum atomic E-state index is -0.510. The largest absolute Gasteiger partial charge is 0.444 e. The van der Waals surface area contributed by atoms with Crippen LogP contribution in [0.15, 0.2) is 24.3 Å². The van der Waals surface area contributed by atoms with Crippen molar-refractivity contribution in [3.8, 4) is 0 Å². The van der Waals surface area contributed by atoms with Crippen molar-refractivity contribution in [3.05, 3.63) is 29.8 Å². The molecule has 1 aliphatic heterocycles. The summed E-state index contributed by atoms with van der Waals surface area (Å²) in [6, 6.07) is 7.25. The van der Waals surface area contributed by atoms with Crippen molar-refractivity contribution >= 4 is 11.8 Å². The molecule has 5 heteroatoms. The van der Waals surface area contributed by atoms with Crippen molar-refractivity contribution in [1.29, 1.82) is 0 Å². The summed E-state index contributed by atoms with van der Waals surface area (Å²) >= 11 is 0. The Morgan fingerprint density at radius 3 is 2.70 bits per heavy atom. The van der Waals surface area contributed by atoms with Crippen molar-refractivity contribution in [2.45, 2.75) is 44.9 Å². The van der Waals surface area contributed by atoms with Gasteiger partial charge in [0.05, 0.1) is 6.04 Å². The molecular formula is C15H23N3O2. The number of hydrogen-bond acceptors (Lipinski definition) is 4. The lowest BCUT2D eigenvalue weighted by molar-refractivity contribution is 0.0218. The number of likely N-dealkylation sites (tertiary alicyclic amines) is 1. The van der Waals surface area contributed by atoms with Gasteiger partial charge < -0.3 is 16.2 Å². The maximum atomic E-state index is 12.3. The molecule has 1 aliphatic rings. The predicted octanol–water partition coefficient (Wildman–Crippen LogP) is 2.28. The summed E-state index contributed by atoms with van der Waals surface area (Å²) in [4.78, 5) is 14.0. The molecule has 1 aromatic carbocycles. The number of nitrogens with zero attached hydrogens (tertiary/aromatic N) is 1. The van der Waals surface area contributed by atoms with Crippen molar-refractivity contribution in [1.82, 2.24) is 4.90 Å². The van der Waals surface area contributed by atoms with Crippen LogP contribution in [0.4, 0.5) is 10.5 Å². The van der Waals surface area contributed by atoms with Gasteiger partial charge >= 0.3 is 6.09 Å². The Kier molecular flexibility index (Phi) is 3.90. The fraction of sp³-hybridized carbons (Fsp3) is 0.533. The third-order valence-corrected chi connectivity index (χ3v) is 3.32. The fourth-order valence-corrected chi connectivity index (χ4v) is 2.51. The Labute approximate surface area is 119 Å². The lowest BCUT2D eigenvalue weighted by Gasteiger charge is -2.30. The van der Waals surface area contributed by atoms with Crippen LogP contribution in [0.25, 0.3) is 0 Å². The number of benzene rings is 1. The average Bonchev–Trinajstić information content (AvgIpc) is 2.69. The van der Waals surface area contributed by atoms with E-state index in [2.05, 4.69) is 0 Å². The van der Waals surface area contributed by atoms with E-state index in [1.54, 1.807) is 4.90 Å². The van der Waals surface area contributed by atoms with E-state index < -0.39 is 5.60 Å². The number of rotatable bonds is 1. The molecule has 0 spiro atoms. The SMILES string of the molecule is CC(C)(C)OC(=O)N1CCC(N)C1c1cccc(N)c1. The Morgan fingerprint density at radius 1 is 1.40 bits per heavy atom. The van der Waals surface area contributed by atoms with E-state index in [1.165, 1.54) is 0 Å². The molecule has 0 bridgehead atoms. The minimum absolute atomic E-state index is 0.0932. The summed E-state index contributed by atoms with van der Waals surface area (Å²) in [5.74, 6) is 0.